The molecule has 2 aromatic heterocycles. The second kappa shape index (κ2) is 6.99. The Morgan fingerprint density at radius 3 is 2.75 bits per heavy atom. The SMILES string of the molecule is CCCNC(Cc1cncc(Br)c1)c1cc(C)nn1C. The van der Waals surface area contributed by atoms with Gasteiger partial charge in [0.2, 0.25) is 0 Å². The molecule has 0 fully saturated rings. The van der Waals surface area contributed by atoms with Crippen molar-refractivity contribution in [3.8, 4) is 0 Å². The molecule has 0 saturated carbocycles. The first kappa shape index (κ1) is 15.2. The van der Waals surface area contributed by atoms with Crippen LogP contribution in [-0.2, 0) is 13.5 Å². The molecule has 1 atom stereocenters. The van der Waals surface area contributed by atoms with Gasteiger partial charge in [0.25, 0.3) is 0 Å². The monoisotopic (exact) mass is 336 g/mol. The molecule has 108 valence electrons. The van der Waals surface area contributed by atoms with E-state index in [-0.39, 0.29) is 6.04 Å². The number of hydrogen-bond acceptors (Lipinski definition) is 3. The number of rotatable bonds is 6. The average molecular weight is 337 g/mol. The second-order valence-electron chi connectivity index (χ2n) is 5.06. The normalized spacial score (nSPS) is 12.6. The molecule has 2 heterocycles. The van der Waals surface area contributed by atoms with Crippen LogP contribution < -0.4 is 5.32 Å². The topological polar surface area (TPSA) is 42.7 Å². The maximum atomic E-state index is 4.45. The molecule has 0 aliphatic carbocycles. The summed E-state index contributed by atoms with van der Waals surface area (Å²) in [6.07, 6.45) is 5.76. The zero-order chi connectivity index (χ0) is 14.5. The third kappa shape index (κ3) is 3.90. The van der Waals surface area contributed by atoms with Crippen molar-refractivity contribution in [2.75, 3.05) is 6.54 Å². The first-order valence-corrected chi connectivity index (χ1v) is 7.72. The Bertz CT molecular complexity index is 565. The van der Waals surface area contributed by atoms with Crippen molar-refractivity contribution < 1.29 is 0 Å². The van der Waals surface area contributed by atoms with Gasteiger partial charge in [-0.05, 0) is 59.9 Å². The minimum atomic E-state index is 0.261. The molecule has 4 nitrogen and oxygen atoms in total. The van der Waals surface area contributed by atoms with Crippen LogP contribution in [0.5, 0.6) is 0 Å². The molecule has 1 N–H and O–H groups in total. The van der Waals surface area contributed by atoms with E-state index in [1.54, 1.807) is 0 Å². The van der Waals surface area contributed by atoms with E-state index in [0.717, 1.165) is 29.6 Å². The standard InChI is InChI=1S/C15H21BrN4/c1-4-5-18-14(15-6-11(2)19-20(15)3)8-12-7-13(16)10-17-9-12/h6-7,9-10,14,18H,4-5,8H2,1-3H3. The summed E-state index contributed by atoms with van der Waals surface area (Å²) in [5, 5.41) is 8.05. The highest BCUT2D eigenvalue weighted by atomic mass is 79.9. The molecule has 0 aliphatic rings. The highest BCUT2D eigenvalue weighted by Gasteiger charge is 2.16. The van der Waals surface area contributed by atoms with E-state index in [0.29, 0.717) is 0 Å². The van der Waals surface area contributed by atoms with Gasteiger partial charge in [0, 0.05) is 23.9 Å². The van der Waals surface area contributed by atoms with Gasteiger partial charge in [0.05, 0.1) is 17.4 Å². The number of aromatic nitrogens is 3. The number of hydrogen-bond donors (Lipinski definition) is 1. The summed E-state index contributed by atoms with van der Waals surface area (Å²) in [7, 11) is 2.00. The molecule has 0 radical (unpaired) electrons. The zero-order valence-corrected chi connectivity index (χ0v) is 13.8. The Morgan fingerprint density at radius 1 is 1.35 bits per heavy atom. The molecule has 20 heavy (non-hydrogen) atoms. The number of halogens is 1. The minimum absolute atomic E-state index is 0.261. The average Bonchev–Trinajstić information content (AvgIpc) is 2.73. The molecule has 0 aliphatic heterocycles. The van der Waals surface area contributed by atoms with Gasteiger partial charge in [0.15, 0.2) is 0 Å². The van der Waals surface area contributed by atoms with Crippen molar-refractivity contribution in [3.63, 3.8) is 0 Å². The van der Waals surface area contributed by atoms with E-state index in [4.69, 9.17) is 0 Å². The Balaban J connectivity index is 2.21. The third-order valence-electron chi connectivity index (χ3n) is 3.24. The molecule has 0 spiro atoms. The van der Waals surface area contributed by atoms with Gasteiger partial charge in [-0.25, -0.2) is 0 Å². The Labute approximate surface area is 128 Å². The number of aryl methyl sites for hydroxylation is 2. The van der Waals surface area contributed by atoms with E-state index in [1.165, 1.54) is 11.3 Å². The molecule has 1 unspecified atom stereocenters. The van der Waals surface area contributed by atoms with E-state index < -0.39 is 0 Å². The molecule has 0 bridgehead atoms. The molecular formula is C15H21BrN4. The van der Waals surface area contributed by atoms with Gasteiger partial charge < -0.3 is 5.32 Å². The predicted molar refractivity (Wildman–Crippen MR) is 84.6 cm³/mol. The van der Waals surface area contributed by atoms with E-state index >= 15 is 0 Å². The van der Waals surface area contributed by atoms with Crippen LogP contribution in [0, 0.1) is 6.92 Å². The van der Waals surface area contributed by atoms with Crippen molar-refractivity contribution in [1.82, 2.24) is 20.1 Å². The van der Waals surface area contributed by atoms with Gasteiger partial charge in [-0.3, -0.25) is 9.67 Å². The van der Waals surface area contributed by atoms with Crippen LogP contribution in [0.15, 0.2) is 29.0 Å². The van der Waals surface area contributed by atoms with Crippen LogP contribution in [0.4, 0.5) is 0 Å². The van der Waals surface area contributed by atoms with E-state index in [2.05, 4.69) is 50.4 Å². The maximum absolute atomic E-state index is 4.45. The Kier molecular flexibility index (Phi) is 5.31. The molecular weight excluding hydrogens is 316 g/mol. The summed E-state index contributed by atoms with van der Waals surface area (Å²) in [6.45, 7) is 5.20. The summed E-state index contributed by atoms with van der Waals surface area (Å²) in [5.74, 6) is 0. The van der Waals surface area contributed by atoms with Crippen molar-refractivity contribution in [3.05, 3.63) is 46.0 Å². The first-order valence-electron chi connectivity index (χ1n) is 6.93. The van der Waals surface area contributed by atoms with Crippen molar-refractivity contribution in [2.24, 2.45) is 7.05 Å². The van der Waals surface area contributed by atoms with Gasteiger partial charge in [-0.1, -0.05) is 6.92 Å². The van der Waals surface area contributed by atoms with Crippen LogP contribution in [-0.4, -0.2) is 21.3 Å². The van der Waals surface area contributed by atoms with E-state index in [9.17, 15) is 0 Å². The summed E-state index contributed by atoms with van der Waals surface area (Å²) >= 11 is 3.48. The lowest BCUT2D eigenvalue weighted by molar-refractivity contribution is 0.492. The van der Waals surface area contributed by atoms with Gasteiger partial charge in [0.1, 0.15) is 0 Å². The van der Waals surface area contributed by atoms with E-state index in [1.807, 2.05) is 31.0 Å². The van der Waals surface area contributed by atoms with Crippen LogP contribution in [0.3, 0.4) is 0 Å². The van der Waals surface area contributed by atoms with Gasteiger partial charge in [-0.15, -0.1) is 0 Å². The quantitative estimate of drug-likeness (QED) is 0.880. The number of nitrogens with zero attached hydrogens (tertiary/aromatic N) is 3. The zero-order valence-electron chi connectivity index (χ0n) is 12.2. The van der Waals surface area contributed by atoms with Crippen LogP contribution in [0.25, 0.3) is 0 Å². The molecule has 0 amide bonds. The predicted octanol–water partition coefficient (Wildman–Crippen LogP) is 3.17. The lowest BCUT2D eigenvalue weighted by Gasteiger charge is -2.19. The Morgan fingerprint density at radius 2 is 2.15 bits per heavy atom. The highest BCUT2D eigenvalue weighted by Crippen LogP contribution is 2.20. The van der Waals surface area contributed by atoms with Crippen LogP contribution >= 0.6 is 15.9 Å². The van der Waals surface area contributed by atoms with Crippen molar-refractivity contribution >= 4 is 15.9 Å². The first-order chi connectivity index (χ1) is 9.60. The number of nitrogens with one attached hydrogen (secondary N) is 1. The van der Waals surface area contributed by atoms with Gasteiger partial charge >= 0.3 is 0 Å². The molecule has 2 aromatic rings. The minimum Gasteiger partial charge on any atom is -0.308 e. The lowest BCUT2D eigenvalue weighted by Crippen LogP contribution is -2.26. The molecule has 0 saturated heterocycles. The van der Waals surface area contributed by atoms with Crippen molar-refractivity contribution in [1.29, 1.82) is 0 Å². The largest absolute Gasteiger partial charge is 0.308 e. The fraction of sp³-hybridized carbons (Fsp3) is 0.467. The number of pyridine rings is 1. The van der Waals surface area contributed by atoms with Crippen molar-refractivity contribution in [2.45, 2.75) is 32.7 Å². The van der Waals surface area contributed by atoms with Crippen LogP contribution in [0.2, 0.25) is 0 Å². The summed E-state index contributed by atoms with van der Waals surface area (Å²) in [5.41, 5.74) is 3.49. The smallest absolute Gasteiger partial charge is 0.0597 e. The highest BCUT2D eigenvalue weighted by molar-refractivity contribution is 9.10. The second-order valence-corrected chi connectivity index (χ2v) is 5.97. The maximum Gasteiger partial charge on any atom is 0.0597 e. The summed E-state index contributed by atoms with van der Waals surface area (Å²) in [6, 6.07) is 4.53. The third-order valence-corrected chi connectivity index (χ3v) is 3.67. The van der Waals surface area contributed by atoms with Gasteiger partial charge in [-0.2, -0.15) is 5.10 Å². The fourth-order valence-corrected chi connectivity index (χ4v) is 2.77. The lowest BCUT2D eigenvalue weighted by atomic mass is 10.0. The molecule has 0 aromatic carbocycles. The fourth-order valence-electron chi connectivity index (χ4n) is 2.36. The van der Waals surface area contributed by atoms with Crippen LogP contribution in [0.1, 0.15) is 36.3 Å². The summed E-state index contributed by atoms with van der Waals surface area (Å²) in [4.78, 5) is 4.24. The Hall–Kier alpha value is -1.20. The molecule has 2 rings (SSSR count). The summed E-state index contributed by atoms with van der Waals surface area (Å²) < 4.78 is 2.99. The molecule has 5 heteroatoms.